The van der Waals surface area contributed by atoms with Crippen LogP contribution in [0.4, 0.5) is 4.79 Å². The fourth-order valence-electron chi connectivity index (χ4n) is 5.15. The Labute approximate surface area is 268 Å². The number of nitrogens with zero attached hydrogens (tertiary/aromatic N) is 1. The van der Waals surface area contributed by atoms with Crippen molar-refractivity contribution in [1.29, 1.82) is 0 Å². The van der Waals surface area contributed by atoms with Gasteiger partial charge in [-0.3, -0.25) is 9.59 Å². The van der Waals surface area contributed by atoms with Crippen molar-refractivity contribution in [2.24, 2.45) is 5.92 Å². The van der Waals surface area contributed by atoms with Gasteiger partial charge in [0.15, 0.2) is 0 Å². The van der Waals surface area contributed by atoms with Gasteiger partial charge in [-0.15, -0.1) is 0 Å². The van der Waals surface area contributed by atoms with Gasteiger partial charge in [-0.1, -0.05) is 74.0 Å². The minimum absolute atomic E-state index is 0.217. The Hall–Kier alpha value is -3.88. The number of alkyl carbamates (subject to hydrolysis) is 1. The maximum atomic E-state index is 14.5. The molecule has 3 rings (SSSR count). The molecule has 0 aromatic heterocycles. The quantitative estimate of drug-likeness (QED) is 0.296. The highest BCUT2D eigenvalue weighted by Crippen LogP contribution is 2.34. The minimum Gasteiger partial charge on any atom is -0.458 e. The molecule has 2 aromatic carbocycles. The fourth-order valence-corrected chi connectivity index (χ4v) is 5.15. The number of amides is 3. The van der Waals surface area contributed by atoms with Gasteiger partial charge in [0.1, 0.15) is 29.3 Å². The number of benzene rings is 2. The highest BCUT2D eigenvalue weighted by Gasteiger charge is 2.43. The van der Waals surface area contributed by atoms with Gasteiger partial charge >= 0.3 is 12.1 Å². The molecule has 9 nitrogen and oxygen atoms in total. The molecule has 3 amide bonds. The van der Waals surface area contributed by atoms with E-state index in [4.69, 9.17) is 9.47 Å². The van der Waals surface area contributed by atoms with Crippen molar-refractivity contribution in [3.63, 3.8) is 0 Å². The maximum absolute atomic E-state index is 14.5. The average molecular weight is 622 g/mol. The van der Waals surface area contributed by atoms with E-state index in [1.165, 1.54) is 0 Å². The molecule has 1 aliphatic rings. The second-order valence-electron chi connectivity index (χ2n) is 14.3. The number of nitrogens with one attached hydrogen (secondary N) is 2. The van der Waals surface area contributed by atoms with E-state index in [1.54, 1.807) is 46.4 Å². The van der Waals surface area contributed by atoms with Crippen molar-refractivity contribution in [3.05, 3.63) is 71.3 Å². The number of esters is 1. The molecule has 9 heteroatoms. The Morgan fingerprint density at radius 3 is 1.91 bits per heavy atom. The van der Waals surface area contributed by atoms with Crippen molar-refractivity contribution in [3.8, 4) is 0 Å². The van der Waals surface area contributed by atoms with Crippen LogP contribution in [0.2, 0.25) is 0 Å². The molecular weight excluding hydrogens is 570 g/mol. The van der Waals surface area contributed by atoms with Gasteiger partial charge in [0.2, 0.25) is 11.8 Å². The lowest BCUT2D eigenvalue weighted by atomic mass is 9.87. The van der Waals surface area contributed by atoms with Crippen LogP contribution < -0.4 is 10.6 Å². The van der Waals surface area contributed by atoms with E-state index in [2.05, 4.69) is 10.6 Å². The molecule has 0 aliphatic heterocycles. The molecule has 0 heterocycles. The summed E-state index contributed by atoms with van der Waals surface area (Å²) in [4.78, 5) is 56.9. The first-order chi connectivity index (χ1) is 20.9. The molecular formula is C36H51N3O6. The highest BCUT2D eigenvalue weighted by atomic mass is 16.6. The Balaban J connectivity index is 2.04. The molecule has 3 atom stereocenters. The SMILES string of the molecule is Cc1ccc(C(C(=O)NC(Cc2ccccc2)C(=O)OC(C)(C)C)N(C(=O)C(NC(=O)OC(C)(C)C)C(C)C)C2CCC2)cc1. The summed E-state index contributed by atoms with van der Waals surface area (Å²) < 4.78 is 11.2. The van der Waals surface area contributed by atoms with E-state index < -0.39 is 47.3 Å². The van der Waals surface area contributed by atoms with Crippen LogP contribution in [0.1, 0.15) is 97.4 Å². The summed E-state index contributed by atoms with van der Waals surface area (Å²) in [6.45, 7) is 16.3. The van der Waals surface area contributed by atoms with Crippen molar-refractivity contribution < 1.29 is 28.7 Å². The first-order valence-corrected chi connectivity index (χ1v) is 15.9. The molecule has 1 fully saturated rings. The van der Waals surface area contributed by atoms with Crippen LogP contribution in [0, 0.1) is 12.8 Å². The zero-order valence-electron chi connectivity index (χ0n) is 28.3. The Morgan fingerprint density at radius 2 is 1.42 bits per heavy atom. The van der Waals surface area contributed by atoms with Crippen LogP contribution in [0.5, 0.6) is 0 Å². The predicted octanol–water partition coefficient (Wildman–Crippen LogP) is 6.04. The van der Waals surface area contributed by atoms with Crippen LogP contribution in [0.15, 0.2) is 54.6 Å². The van der Waals surface area contributed by atoms with Gasteiger partial charge in [-0.25, -0.2) is 9.59 Å². The summed E-state index contributed by atoms with van der Waals surface area (Å²) in [6.07, 6.45) is 1.87. The normalized spacial score (nSPS) is 15.7. The largest absolute Gasteiger partial charge is 0.458 e. The van der Waals surface area contributed by atoms with Crippen LogP contribution in [-0.4, -0.2) is 58.1 Å². The van der Waals surface area contributed by atoms with E-state index in [0.29, 0.717) is 5.56 Å². The number of hydrogen-bond acceptors (Lipinski definition) is 6. The summed E-state index contributed by atoms with van der Waals surface area (Å²) in [5, 5.41) is 5.73. The van der Waals surface area contributed by atoms with Gasteiger partial charge in [-0.2, -0.15) is 0 Å². The van der Waals surface area contributed by atoms with Gasteiger partial charge in [0.25, 0.3) is 0 Å². The first kappa shape index (κ1) is 35.6. The van der Waals surface area contributed by atoms with Crippen LogP contribution in [-0.2, 0) is 30.3 Å². The van der Waals surface area contributed by atoms with E-state index in [-0.39, 0.29) is 24.3 Å². The molecule has 0 bridgehead atoms. The van der Waals surface area contributed by atoms with Crippen molar-refractivity contribution in [2.45, 2.75) is 123 Å². The topological polar surface area (TPSA) is 114 Å². The lowest BCUT2D eigenvalue weighted by molar-refractivity contribution is -0.159. The van der Waals surface area contributed by atoms with E-state index >= 15 is 0 Å². The monoisotopic (exact) mass is 621 g/mol. The average Bonchev–Trinajstić information content (AvgIpc) is 2.89. The summed E-state index contributed by atoms with van der Waals surface area (Å²) in [6, 6.07) is 13.7. The third-order valence-electron chi connectivity index (χ3n) is 7.54. The lowest BCUT2D eigenvalue weighted by Crippen LogP contribution is -2.59. The number of hydrogen-bond donors (Lipinski definition) is 2. The first-order valence-electron chi connectivity index (χ1n) is 15.9. The highest BCUT2D eigenvalue weighted by molar-refractivity contribution is 5.94. The van der Waals surface area contributed by atoms with Crippen LogP contribution in [0.25, 0.3) is 0 Å². The molecule has 1 saturated carbocycles. The van der Waals surface area contributed by atoms with Gasteiger partial charge in [-0.05, 0) is 84.8 Å². The molecule has 0 radical (unpaired) electrons. The Kier molecular flexibility index (Phi) is 11.8. The molecule has 0 spiro atoms. The van der Waals surface area contributed by atoms with Gasteiger partial charge < -0.3 is 25.0 Å². The number of aryl methyl sites for hydroxylation is 1. The Morgan fingerprint density at radius 1 is 0.844 bits per heavy atom. The summed E-state index contributed by atoms with van der Waals surface area (Å²) >= 11 is 0. The summed E-state index contributed by atoms with van der Waals surface area (Å²) in [7, 11) is 0. The molecule has 3 unspecified atom stereocenters. The Bertz CT molecular complexity index is 1310. The molecule has 45 heavy (non-hydrogen) atoms. The lowest BCUT2D eigenvalue weighted by Gasteiger charge is -2.44. The standard InChI is InChI=1S/C36H51N3O6/c1-23(2)29(38-34(43)45-36(7,8)9)32(41)39(27-16-13-17-27)30(26-20-18-24(3)19-21-26)31(40)37-28(33(42)44-35(4,5)6)22-25-14-11-10-12-15-25/h10-12,14-15,18-21,23,27-30H,13,16-17,22H2,1-9H3,(H,37,40)(H,38,43). The smallest absolute Gasteiger partial charge is 0.408 e. The molecule has 1 aliphatic carbocycles. The molecule has 2 aromatic rings. The molecule has 2 N–H and O–H groups in total. The summed E-state index contributed by atoms with van der Waals surface area (Å²) in [5.74, 6) is -1.72. The predicted molar refractivity (Wildman–Crippen MR) is 174 cm³/mol. The summed E-state index contributed by atoms with van der Waals surface area (Å²) in [5.41, 5.74) is 0.956. The zero-order chi connectivity index (χ0) is 33.5. The van der Waals surface area contributed by atoms with Gasteiger partial charge in [0.05, 0.1) is 0 Å². The zero-order valence-corrected chi connectivity index (χ0v) is 28.3. The minimum atomic E-state index is -1.05. The van der Waals surface area contributed by atoms with Crippen molar-refractivity contribution in [1.82, 2.24) is 15.5 Å². The van der Waals surface area contributed by atoms with Crippen LogP contribution in [0.3, 0.4) is 0 Å². The van der Waals surface area contributed by atoms with Gasteiger partial charge in [0, 0.05) is 12.5 Å². The van der Waals surface area contributed by atoms with Crippen molar-refractivity contribution >= 4 is 23.9 Å². The molecule has 246 valence electrons. The number of carbonyl (C=O) groups excluding carboxylic acids is 4. The van der Waals surface area contributed by atoms with E-state index in [1.807, 2.05) is 75.4 Å². The number of ether oxygens (including phenoxy) is 2. The van der Waals surface area contributed by atoms with E-state index in [9.17, 15) is 19.2 Å². The maximum Gasteiger partial charge on any atom is 0.408 e. The van der Waals surface area contributed by atoms with Crippen LogP contribution >= 0.6 is 0 Å². The third-order valence-corrected chi connectivity index (χ3v) is 7.54. The second kappa shape index (κ2) is 14.9. The molecule has 0 saturated heterocycles. The van der Waals surface area contributed by atoms with E-state index in [0.717, 1.165) is 30.4 Å². The number of carbonyl (C=O) groups is 4. The fraction of sp³-hybridized carbons (Fsp3) is 0.556. The number of rotatable bonds is 11. The second-order valence-corrected chi connectivity index (χ2v) is 14.3. The third kappa shape index (κ3) is 10.6. The van der Waals surface area contributed by atoms with Crippen molar-refractivity contribution in [2.75, 3.05) is 0 Å².